The third-order valence-electron chi connectivity index (χ3n) is 6.90. The molecule has 2 fully saturated rings. The van der Waals surface area contributed by atoms with Crippen LogP contribution in [0.1, 0.15) is 49.1 Å². The Hall–Kier alpha value is -1.06. The average molecular weight is 302 g/mol. The molecule has 0 aromatic heterocycles. The average Bonchev–Trinajstić information content (AvgIpc) is 2.91. The Morgan fingerprint density at radius 1 is 1.23 bits per heavy atom. The summed E-state index contributed by atoms with van der Waals surface area (Å²) >= 11 is 0. The highest BCUT2D eigenvalue weighted by molar-refractivity contribution is 5.40. The molecule has 4 rings (SSSR count). The molecule has 22 heavy (non-hydrogen) atoms. The number of fused-ring (bicyclic) bond motifs is 5. The molecule has 0 amide bonds. The Morgan fingerprint density at radius 2 is 2.09 bits per heavy atom. The maximum atomic E-state index is 10.5. The van der Waals surface area contributed by atoms with Gasteiger partial charge in [0.15, 0.2) is 0 Å². The SMILES string of the molecule is COc1ccc2c(c1)CCC1C2CC[C@@]2(CO)C1CC[C@@H]2O. The van der Waals surface area contributed by atoms with E-state index >= 15 is 0 Å². The number of aliphatic hydroxyl groups excluding tert-OH is 2. The van der Waals surface area contributed by atoms with Crippen LogP contribution in [0.2, 0.25) is 0 Å². The second kappa shape index (κ2) is 5.24. The van der Waals surface area contributed by atoms with E-state index in [9.17, 15) is 10.2 Å². The van der Waals surface area contributed by atoms with Gasteiger partial charge in [-0.3, -0.25) is 0 Å². The van der Waals surface area contributed by atoms with Crippen LogP contribution in [0, 0.1) is 17.3 Å². The van der Waals surface area contributed by atoms with Gasteiger partial charge in [0.25, 0.3) is 0 Å². The normalized spacial score (nSPS) is 39.8. The Labute approximate surface area is 132 Å². The molecule has 5 atom stereocenters. The van der Waals surface area contributed by atoms with Crippen LogP contribution in [0.15, 0.2) is 18.2 Å². The van der Waals surface area contributed by atoms with Crippen molar-refractivity contribution in [3.05, 3.63) is 29.3 Å². The van der Waals surface area contributed by atoms with Gasteiger partial charge in [0.1, 0.15) is 5.75 Å². The van der Waals surface area contributed by atoms with E-state index in [0.717, 1.165) is 37.9 Å². The molecular formula is C19H26O3. The summed E-state index contributed by atoms with van der Waals surface area (Å²) in [6, 6.07) is 6.53. The van der Waals surface area contributed by atoms with Crippen molar-refractivity contribution < 1.29 is 14.9 Å². The maximum Gasteiger partial charge on any atom is 0.119 e. The Kier molecular flexibility index (Phi) is 3.46. The molecule has 120 valence electrons. The summed E-state index contributed by atoms with van der Waals surface area (Å²) in [7, 11) is 1.73. The predicted octanol–water partition coefficient (Wildman–Crippen LogP) is 2.88. The first-order chi connectivity index (χ1) is 10.7. The van der Waals surface area contributed by atoms with E-state index in [1.54, 1.807) is 7.11 Å². The monoisotopic (exact) mass is 302 g/mol. The zero-order valence-electron chi connectivity index (χ0n) is 13.3. The molecule has 0 heterocycles. The van der Waals surface area contributed by atoms with Crippen LogP contribution < -0.4 is 4.74 Å². The second-order valence-electron chi connectivity index (χ2n) is 7.50. The largest absolute Gasteiger partial charge is 0.497 e. The first kappa shape index (κ1) is 14.5. The number of rotatable bonds is 2. The third-order valence-corrected chi connectivity index (χ3v) is 6.90. The van der Waals surface area contributed by atoms with Gasteiger partial charge in [-0.05, 0) is 79.5 Å². The molecule has 3 nitrogen and oxygen atoms in total. The molecule has 0 radical (unpaired) electrons. The van der Waals surface area contributed by atoms with Gasteiger partial charge in [0.2, 0.25) is 0 Å². The van der Waals surface area contributed by atoms with Crippen LogP contribution in [0.4, 0.5) is 0 Å². The van der Waals surface area contributed by atoms with Crippen molar-refractivity contribution in [2.45, 2.75) is 50.5 Å². The van der Waals surface area contributed by atoms with Gasteiger partial charge in [-0.25, -0.2) is 0 Å². The minimum Gasteiger partial charge on any atom is -0.497 e. The fourth-order valence-corrected chi connectivity index (χ4v) is 5.77. The Morgan fingerprint density at radius 3 is 2.86 bits per heavy atom. The van der Waals surface area contributed by atoms with Gasteiger partial charge in [0.05, 0.1) is 19.8 Å². The lowest BCUT2D eigenvalue weighted by Gasteiger charge is -2.50. The fourth-order valence-electron chi connectivity index (χ4n) is 5.77. The zero-order chi connectivity index (χ0) is 15.3. The second-order valence-corrected chi connectivity index (χ2v) is 7.50. The Balaban J connectivity index is 1.68. The van der Waals surface area contributed by atoms with Crippen LogP contribution in [0.5, 0.6) is 5.75 Å². The Bertz CT molecular complexity index is 570. The fraction of sp³-hybridized carbons (Fsp3) is 0.684. The summed E-state index contributed by atoms with van der Waals surface area (Å²) in [5.74, 6) is 2.67. The summed E-state index contributed by atoms with van der Waals surface area (Å²) < 4.78 is 5.37. The summed E-state index contributed by atoms with van der Waals surface area (Å²) in [4.78, 5) is 0. The quantitative estimate of drug-likeness (QED) is 0.883. The van der Waals surface area contributed by atoms with E-state index < -0.39 is 0 Å². The number of hydrogen-bond acceptors (Lipinski definition) is 3. The van der Waals surface area contributed by atoms with Crippen LogP contribution in [0.25, 0.3) is 0 Å². The molecule has 1 aromatic carbocycles. The molecule has 0 spiro atoms. The minimum absolute atomic E-state index is 0.150. The van der Waals surface area contributed by atoms with E-state index in [1.807, 2.05) is 0 Å². The third kappa shape index (κ3) is 1.88. The van der Waals surface area contributed by atoms with Crippen molar-refractivity contribution in [2.24, 2.45) is 17.3 Å². The van der Waals surface area contributed by atoms with Crippen molar-refractivity contribution in [1.29, 1.82) is 0 Å². The summed E-state index contributed by atoms with van der Waals surface area (Å²) in [6.45, 7) is 0.150. The lowest BCUT2D eigenvalue weighted by atomic mass is 9.55. The lowest BCUT2D eigenvalue weighted by Crippen LogP contribution is -2.48. The van der Waals surface area contributed by atoms with Crippen molar-refractivity contribution in [3.63, 3.8) is 0 Å². The molecular weight excluding hydrogens is 276 g/mol. The van der Waals surface area contributed by atoms with E-state index in [-0.39, 0.29) is 18.1 Å². The van der Waals surface area contributed by atoms with Crippen LogP contribution in [0.3, 0.4) is 0 Å². The molecule has 0 saturated heterocycles. The van der Waals surface area contributed by atoms with Crippen molar-refractivity contribution >= 4 is 0 Å². The van der Waals surface area contributed by atoms with E-state index in [4.69, 9.17) is 4.74 Å². The van der Waals surface area contributed by atoms with Crippen molar-refractivity contribution in [2.75, 3.05) is 13.7 Å². The van der Waals surface area contributed by atoms with Gasteiger partial charge in [-0.15, -0.1) is 0 Å². The molecule has 2 saturated carbocycles. The van der Waals surface area contributed by atoms with Gasteiger partial charge in [-0.2, -0.15) is 0 Å². The molecule has 3 aliphatic carbocycles. The maximum absolute atomic E-state index is 10.5. The van der Waals surface area contributed by atoms with Crippen LogP contribution in [-0.4, -0.2) is 30.0 Å². The predicted molar refractivity (Wildman–Crippen MR) is 85.0 cm³/mol. The first-order valence-electron chi connectivity index (χ1n) is 8.65. The molecule has 3 unspecified atom stereocenters. The van der Waals surface area contributed by atoms with Gasteiger partial charge >= 0.3 is 0 Å². The van der Waals surface area contributed by atoms with Crippen LogP contribution in [-0.2, 0) is 6.42 Å². The van der Waals surface area contributed by atoms with E-state index in [1.165, 1.54) is 17.5 Å². The number of methoxy groups -OCH3 is 1. The summed E-state index contributed by atoms with van der Waals surface area (Å²) in [5, 5.41) is 20.5. The zero-order valence-corrected chi connectivity index (χ0v) is 13.3. The minimum atomic E-state index is -0.305. The lowest BCUT2D eigenvalue weighted by molar-refractivity contribution is -0.0711. The molecule has 0 aliphatic heterocycles. The molecule has 2 N–H and O–H groups in total. The van der Waals surface area contributed by atoms with Gasteiger partial charge < -0.3 is 14.9 Å². The van der Waals surface area contributed by atoms with Crippen molar-refractivity contribution in [3.8, 4) is 5.75 Å². The molecule has 3 heteroatoms. The topological polar surface area (TPSA) is 49.7 Å². The highest BCUT2D eigenvalue weighted by Crippen LogP contribution is 2.60. The summed E-state index contributed by atoms with van der Waals surface area (Å²) in [6.07, 6.45) is 5.98. The number of ether oxygens (including phenoxy) is 1. The molecule has 1 aromatic rings. The number of hydrogen-bond donors (Lipinski definition) is 2. The van der Waals surface area contributed by atoms with Crippen LogP contribution >= 0.6 is 0 Å². The number of aryl methyl sites for hydroxylation is 1. The summed E-state index contributed by atoms with van der Waals surface area (Å²) in [5.41, 5.74) is 2.71. The number of benzene rings is 1. The molecule has 3 aliphatic rings. The van der Waals surface area contributed by atoms with E-state index in [0.29, 0.717) is 17.8 Å². The van der Waals surface area contributed by atoms with Gasteiger partial charge in [0, 0.05) is 5.41 Å². The van der Waals surface area contributed by atoms with E-state index in [2.05, 4.69) is 18.2 Å². The standard InChI is InChI=1S/C19H26O3/c1-22-13-3-5-14-12(10-13)2-4-16-15(14)8-9-19(11-20)17(16)6-7-18(19)21/h3,5,10,15-18,20-21H,2,4,6-9,11H2,1H3/t15?,16?,17?,18-,19+/m0/s1. The smallest absolute Gasteiger partial charge is 0.119 e. The molecule has 0 bridgehead atoms. The first-order valence-corrected chi connectivity index (χ1v) is 8.65. The number of aliphatic hydroxyl groups is 2. The highest BCUT2D eigenvalue weighted by atomic mass is 16.5. The van der Waals surface area contributed by atoms with Gasteiger partial charge in [-0.1, -0.05) is 6.07 Å². The van der Waals surface area contributed by atoms with Crippen molar-refractivity contribution in [1.82, 2.24) is 0 Å². The highest BCUT2D eigenvalue weighted by Gasteiger charge is 2.56.